The summed E-state index contributed by atoms with van der Waals surface area (Å²) >= 11 is 1.46. The number of nitrogens with one attached hydrogen (secondary N) is 1. The lowest BCUT2D eigenvalue weighted by Gasteiger charge is -2.31. The van der Waals surface area contributed by atoms with Gasteiger partial charge in [0.25, 0.3) is 0 Å². The standard InChI is InChI=1S/C19H23N3O2S/c1-13-11-19(21-17-6-4-3-5-16(13)17)25-12-18(24)20-15-7-9-22(10-8-15)14(2)23/h3-6,11,15H,7-10,12H2,1-2H3,(H,20,24). The molecule has 1 aliphatic heterocycles. The van der Waals surface area contributed by atoms with E-state index in [4.69, 9.17) is 0 Å². The number of para-hydroxylation sites is 1. The molecule has 0 bridgehead atoms. The van der Waals surface area contributed by atoms with Gasteiger partial charge in [-0.05, 0) is 37.5 Å². The highest BCUT2D eigenvalue weighted by Crippen LogP contribution is 2.23. The molecule has 3 rings (SSSR count). The fourth-order valence-corrected chi connectivity index (χ4v) is 3.93. The van der Waals surface area contributed by atoms with Crippen LogP contribution in [0.4, 0.5) is 0 Å². The number of hydrogen-bond donors (Lipinski definition) is 1. The van der Waals surface area contributed by atoms with Gasteiger partial charge in [0.05, 0.1) is 16.3 Å². The van der Waals surface area contributed by atoms with Crippen molar-refractivity contribution in [3.63, 3.8) is 0 Å². The Labute approximate surface area is 152 Å². The van der Waals surface area contributed by atoms with Gasteiger partial charge in [-0.1, -0.05) is 30.0 Å². The number of hydrogen-bond acceptors (Lipinski definition) is 4. The molecule has 6 heteroatoms. The predicted octanol–water partition coefficient (Wildman–Crippen LogP) is 2.76. The Kier molecular flexibility index (Phi) is 5.58. The molecule has 1 aromatic carbocycles. The van der Waals surface area contributed by atoms with Crippen LogP contribution in [-0.2, 0) is 9.59 Å². The molecule has 1 aliphatic rings. The van der Waals surface area contributed by atoms with E-state index in [-0.39, 0.29) is 17.9 Å². The van der Waals surface area contributed by atoms with E-state index >= 15 is 0 Å². The van der Waals surface area contributed by atoms with Crippen LogP contribution in [0.2, 0.25) is 0 Å². The van der Waals surface area contributed by atoms with Crippen molar-refractivity contribution in [3.05, 3.63) is 35.9 Å². The van der Waals surface area contributed by atoms with E-state index < -0.39 is 0 Å². The molecular weight excluding hydrogens is 334 g/mol. The number of pyridine rings is 1. The van der Waals surface area contributed by atoms with Crippen molar-refractivity contribution in [1.82, 2.24) is 15.2 Å². The Balaban J connectivity index is 1.52. The third kappa shape index (κ3) is 4.51. The number of likely N-dealkylation sites (tertiary alicyclic amines) is 1. The molecule has 2 amide bonds. The summed E-state index contributed by atoms with van der Waals surface area (Å²) in [5.41, 5.74) is 2.13. The molecule has 0 saturated carbocycles. The van der Waals surface area contributed by atoms with E-state index in [9.17, 15) is 9.59 Å². The van der Waals surface area contributed by atoms with E-state index in [1.807, 2.05) is 29.2 Å². The largest absolute Gasteiger partial charge is 0.353 e. The first-order valence-electron chi connectivity index (χ1n) is 8.57. The molecule has 0 spiro atoms. The molecule has 0 unspecified atom stereocenters. The van der Waals surface area contributed by atoms with Crippen LogP contribution in [-0.4, -0.2) is 46.6 Å². The van der Waals surface area contributed by atoms with Gasteiger partial charge in [-0.2, -0.15) is 0 Å². The number of aromatic nitrogens is 1. The van der Waals surface area contributed by atoms with Crippen molar-refractivity contribution in [1.29, 1.82) is 0 Å². The van der Waals surface area contributed by atoms with Crippen molar-refractivity contribution >= 4 is 34.5 Å². The maximum Gasteiger partial charge on any atom is 0.230 e. The Morgan fingerprint density at radius 3 is 2.72 bits per heavy atom. The molecule has 132 valence electrons. The highest BCUT2D eigenvalue weighted by atomic mass is 32.2. The first-order valence-corrected chi connectivity index (χ1v) is 9.55. The van der Waals surface area contributed by atoms with E-state index in [0.717, 1.165) is 41.9 Å². The molecule has 1 saturated heterocycles. The topological polar surface area (TPSA) is 62.3 Å². The van der Waals surface area contributed by atoms with Gasteiger partial charge in [-0.3, -0.25) is 9.59 Å². The van der Waals surface area contributed by atoms with Crippen LogP contribution in [0.15, 0.2) is 35.4 Å². The Hall–Kier alpha value is -2.08. The summed E-state index contributed by atoms with van der Waals surface area (Å²) in [5, 5.41) is 5.09. The molecule has 1 N–H and O–H groups in total. The summed E-state index contributed by atoms with van der Waals surface area (Å²) in [6.07, 6.45) is 1.65. The average molecular weight is 357 g/mol. The number of nitrogens with zero attached hydrogens (tertiary/aromatic N) is 2. The number of amides is 2. The first-order chi connectivity index (χ1) is 12.0. The minimum absolute atomic E-state index is 0.0267. The zero-order valence-electron chi connectivity index (χ0n) is 14.6. The Morgan fingerprint density at radius 1 is 1.28 bits per heavy atom. The molecule has 2 heterocycles. The van der Waals surface area contributed by atoms with Gasteiger partial charge in [-0.25, -0.2) is 4.98 Å². The highest BCUT2D eigenvalue weighted by Gasteiger charge is 2.21. The predicted molar refractivity (Wildman–Crippen MR) is 101 cm³/mol. The number of thioether (sulfide) groups is 1. The van der Waals surface area contributed by atoms with Crippen LogP contribution in [0.3, 0.4) is 0 Å². The van der Waals surface area contributed by atoms with Gasteiger partial charge >= 0.3 is 0 Å². The summed E-state index contributed by atoms with van der Waals surface area (Å²) in [5.74, 6) is 0.495. The van der Waals surface area contributed by atoms with Crippen LogP contribution >= 0.6 is 11.8 Å². The molecule has 5 nitrogen and oxygen atoms in total. The minimum atomic E-state index is 0.0267. The van der Waals surface area contributed by atoms with Crippen molar-refractivity contribution in [3.8, 4) is 0 Å². The number of benzene rings is 1. The fourth-order valence-electron chi connectivity index (χ4n) is 3.14. The SMILES string of the molecule is CC(=O)N1CCC(NC(=O)CSc2cc(C)c3ccccc3n2)CC1. The molecule has 25 heavy (non-hydrogen) atoms. The molecule has 1 aromatic heterocycles. The third-order valence-corrected chi connectivity index (χ3v) is 5.47. The van der Waals surface area contributed by atoms with Gasteiger partial charge in [0.15, 0.2) is 0 Å². The van der Waals surface area contributed by atoms with E-state index in [0.29, 0.717) is 5.75 Å². The normalized spacial score (nSPS) is 15.4. The number of aryl methyl sites for hydroxylation is 1. The van der Waals surface area contributed by atoms with Gasteiger partial charge in [-0.15, -0.1) is 0 Å². The van der Waals surface area contributed by atoms with Gasteiger partial charge < -0.3 is 10.2 Å². The van der Waals surface area contributed by atoms with Crippen LogP contribution < -0.4 is 5.32 Å². The second-order valence-electron chi connectivity index (χ2n) is 6.43. The van der Waals surface area contributed by atoms with Crippen molar-refractivity contribution in [2.75, 3.05) is 18.8 Å². The lowest BCUT2D eigenvalue weighted by molar-refractivity contribution is -0.130. The molecule has 2 aromatic rings. The maximum absolute atomic E-state index is 12.2. The summed E-state index contributed by atoms with van der Waals surface area (Å²) < 4.78 is 0. The molecule has 0 atom stereocenters. The number of carbonyl (C=O) groups excluding carboxylic acids is 2. The van der Waals surface area contributed by atoms with Crippen LogP contribution in [0.1, 0.15) is 25.3 Å². The van der Waals surface area contributed by atoms with Crippen molar-refractivity contribution in [2.45, 2.75) is 37.8 Å². The smallest absolute Gasteiger partial charge is 0.230 e. The van der Waals surface area contributed by atoms with Gasteiger partial charge in [0.1, 0.15) is 0 Å². The number of rotatable bonds is 4. The second-order valence-corrected chi connectivity index (χ2v) is 7.43. The zero-order valence-corrected chi connectivity index (χ0v) is 15.4. The van der Waals surface area contributed by atoms with Gasteiger partial charge in [0, 0.05) is 31.4 Å². The highest BCUT2D eigenvalue weighted by molar-refractivity contribution is 7.99. The van der Waals surface area contributed by atoms with Crippen LogP contribution in [0.25, 0.3) is 10.9 Å². The maximum atomic E-state index is 12.2. The van der Waals surface area contributed by atoms with Gasteiger partial charge in [0.2, 0.25) is 11.8 Å². The molecule has 0 radical (unpaired) electrons. The number of piperidine rings is 1. The molecular formula is C19H23N3O2S. The summed E-state index contributed by atoms with van der Waals surface area (Å²) in [4.78, 5) is 30.0. The van der Waals surface area contributed by atoms with Crippen LogP contribution in [0, 0.1) is 6.92 Å². The minimum Gasteiger partial charge on any atom is -0.353 e. The van der Waals surface area contributed by atoms with Crippen molar-refractivity contribution in [2.24, 2.45) is 0 Å². The Bertz CT molecular complexity index is 785. The monoisotopic (exact) mass is 357 g/mol. The van der Waals surface area contributed by atoms with Crippen LogP contribution in [0.5, 0.6) is 0 Å². The summed E-state index contributed by atoms with van der Waals surface area (Å²) in [7, 11) is 0. The first kappa shape index (κ1) is 17.7. The lowest BCUT2D eigenvalue weighted by atomic mass is 10.1. The molecule has 0 aliphatic carbocycles. The lowest BCUT2D eigenvalue weighted by Crippen LogP contribution is -2.46. The molecule has 1 fully saturated rings. The summed E-state index contributed by atoms with van der Waals surface area (Å²) in [6, 6.07) is 10.2. The van der Waals surface area contributed by atoms with E-state index in [2.05, 4.69) is 23.3 Å². The second kappa shape index (κ2) is 7.87. The fraction of sp³-hybridized carbons (Fsp3) is 0.421. The quantitative estimate of drug-likeness (QED) is 0.855. The Morgan fingerprint density at radius 2 is 2.00 bits per heavy atom. The zero-order chi connectivity index (χ0) is 17.8. The number of fused-ring (bicyclic) bond motifs is 1. The summed E-state index contributed by atoms with van der Waals surface area (Å²) in [6.45, 7) is 5.10. The van der Waals surface area contributed by atoms with Crippen molar-refractivity contribution < 1.29 is 9.59 Å². The number of carbonyl (C=O) groups is 2. The van der Waals surface area contributed by atoms with E-state index in [1.54, 1.807) is 6.92 Å². The average Bonchev–Trinajstić information content (AvgIpc) is 2.60. The third-order valence-electron chi connectivity index (χ3n) is 4.56. The van der Waals surface area contributed by atoms with E-state index in [1.165, 1.54) is 17.3 Å².